The molecule has 0 N–H and O–H groups in total. The molecule has 0 spiro atoms. The summed E-state index contributed by atoms with van der Waals surface area (Å²) in [5, 5.41) is 0. The van der Waals surface area contributed by atoms with Crippen molar-refractivity contribution in [2.75, 3.05) is 6.61 Å². The molecule has 0 heterocycles. The fourth-order valence-corrected chi connectivity index (χ4v) is 1.44. The average Bonchev–Trinajstić information content (AvgIpc) is 2.16. The maximum Gasteiger partial charge on any atom is 0.125 e. The molecule has 2 heteroatoms. The van der Waals surface area contributed by atoms with Crippen LogP contribution in [0.3, 0.4) is 0 Å². The summed E-state index contributed by atoms with van der Waals surface area (Å²) in [5.74, 6) is 0.996. The highest BCUT2D eigenvalue weighted by Crippen LogP contribution is 2.22. The van der Waals surface area contributed by atoms with Gasteiger partial charge in [0, 0.05) is 12.0 Å². The number of benzene rings is 1. The Morgan fingerprint density at radius 1 is 1.29 bits per heavy atom. The molecule has 0 unspecified atom stereocenters. The number of ether oxygens (including phenoxy) is 1. The molecule has 76 valence electrons. The summed E-state index contributed by atoms with van der Waals surface area (Å²) in [6.45, 7) is 4.79. The topological polar surface area (TPSA) is 9.23 Å². The zero-order valence-corrected chi connectivity index (χ0v) is 9.34. The SMILES string of the molecule is Cc1cccc(C)c1OCC/C=C/Cl. The zero-order chi connectivity index (χ0) is 10.4. The molecule has 1 rings (SSSR count). The van der Waals surface area contributed by atoms with Crippen LogP contribution in [0.15, 0.2) is 29.8 Å². The Bertz CT molecular complexity index is 298. The van der Waals surface area contributed by atoms with E-state index in [2.05, 4.69) is 26.0 Å². The number of hydrogen-bond acceptors (Lipinski definition) is 1. The van der Waals surface area contributed by atoms with Crippen LogP contribution in [0.2, 0.25) is 0 Å². The monoisotopic (exact) mass is 210 g/mol. The van der Waals surface area contributed by atoms with Crippen molar-refractivity contribution >= 4 is 11.6 Å². The molecule has 1 nitrogen and oxygen atoms in total. The van der Waals surface area contributed by atoms with Crippen molar-refractivity contribution in [3.8, 4) is 5.75 Å². The largest absolute Gasteiger partial charge is 0.493 e. The summed E-state index contributed by atoms with van der Waals surface area (Å²) in [7, 11) is 0. The first-order valence-corrected chi connectivity index (χ1v) is 5.13. The first-order chi connectivity index (χ1) is 6.75. The van der Waals surface area contributed by atoms with Gasteiger partial charge in [0.2, 0.25) is 0 Å². The van der Waals surface area contributed by atoms with E-state index in [1.807, 2.05) is 12.1 Å². The van der Waals surface area contributed by atoms with E-state index >= 15 is 0 Å². The van der Waals surface area contributed by atoms with Gasteiger partial charge in [-0.3, -0.25) is 0 Å². The normalized spacial score (nSPS) is 10.8. The first-order valence-electron chi connectivity index (χ1n) is 4.70. The maximum absolute atomic E-state index is 5.66. The van der Waals surface area contributed by atoms with E-state index in [9.17, 15) is 0 Å². The van der Waals surface area contributed by atoms with E-state index in [0.29, 0.717) is 6.61 Å². The van der Waals surface area contributed by atoms with Crippen molar-refractivity contribution in [1.29, 1.82) is 0 Å². The predicted octanol–water partition coefficient (Wildman–Crippen LogP) is 3.82. The minimum atomic E-state index is 0.676. The summed E-state index contributed by atoms with van der Waals surface area (Å²) >= 11 is 5.41. The number of para-hydroxylation sites is 1. The van der Waals surface area contributed by atoms with Crippen molar-refractivity contribution in [2.24, 2.45) is 0 Å². The minimum Gasteiger partial charge on any atom is -0.493 e. The Morgan fingerprint density at radius 2 is 1.93 bits per heavy atom. The summed E-state index contributed by atoms with van der Waals surface area (Å²) in [6, 6.07) is 6.15. The standard InChI is InChI=1S/C12H15ClO/c1-10-6-5-7-11(2)12(10)14-9-4-3-8-13/h3,5-8H,4,9H2,1-2H3/b8-3+. The number of aryl methyl sites for hydroxylation is 2. The number of hydrogen-bond donors (Lipinski definition) is 0. The number of halogens is 1. The molecule has 0 aliphatic carbocycles. The lowest BCUT2D eigenvalue weighted by molar-refractivity contribution is 0.320. The third-order valence-corrected chi connectivity index (χ3v) is 2.21. The van der Waals surface area contributed by atoms with Crippen LogP contribution in [-0.4, -0.2) is 6.61 Å². The van der Waals surface area contributed by atoms with Crippen LogP contribution in [0.25, 0.3) is 0 Å². The van der Waals surface area contributed by atoms with E-state index < -0.39 is 0 Å². The smallest absolute Gasteiger partial charge is 0.125 e. The van der Waals surface area contributed by atoms with E-state index in [1.54, 1.807) is 0 Å². The molecule has 0 aliphatic heterocycles. The van der Waals surface area contributed by atoms with E-state index in [0.717, 1.165) is 12.2 Å². The fraction of sp³-hybridized carbons (Fsp3) is 0.333. The third kappa shape index (κ3) is 3.08. The van der Waals surface area contributed by atoms with Gasteiger partial charge in [-0.15, -0.1) is 0 Å². The quantitative estimate of drug-likeness (QED) is 0.687. The van der Waals surface area contributed by atoms with Crippen molar-refractivity contribution in [3.05, 3.63) is 40.9 Å². The second kappa shape index (κ2) is 5.71. The van der Waals surface area contributed by atoms with Crippen molar-refractivity contribution in [2.45, 2.75) is 20.3 Å². The van der Waals surface area contributed by atoms with Crippen LogP contribution in [0.1, 0.15) is 17.5 Å². The molecule has 1 aromatic rings. The van der Waals surface area contributed by atoms with E-state index in [1.165, 1.54) is 16.7 Å². The van der Waals surface area contributed by atoms with Gasteiger partial charge in [-0.25, -0.2) is 0 Å². The highest BCUT2D eigenvalue weighted by molar-refractivity contribution is 6.25. The lowest BCUT2D eigenvalue weighted by Crippen LogP contribution is -1.99. The molecule has 14 heavy (non-hydrogen) atoms. The zero-order valence-electron chi connectivity index (χ0n) is 8.59. The van der Waals surface area contributed by atoms with Gasteiger partial charge in [-0.2, -0.15) is 0 Å². The molecule has 0 radical (unpaired) electrons. The number of rotatable bonds is 4. The molecule has 0 amide bonds. The van der Waals surface area contributed by atoms with Crippen LogP contribution >= 0.6 is 11.6 Å². The molecule has 0 aromatic heterocycles. The molecule has 0 atom stereocenters. The van der Waals surface area contributed by atoms with Crippen molar-refractivity contribution in [1.82, 2.24) is 0 Å². The van der Waals surface area contributed by atoms with Gasteiger partial charge in [-0.1, -0.05) is 35.9 Å². The highest BCUT2D eigenvalue weighted by atomic mass is 35.5. The fourth-order valence-electron chi connectivity index (χ4n) is 1.32. The molecular formula is C12H15ClO. The molecule has 0 saturated carbocycles. The Labute approximate surface area is 90.3 Å². The van der Waals surface area contributed by atoms with Crippen LogP contribution in [0.4, 0.5) is 0 Å². The summed E-state index contributed by atoms with van der Waals surface area (Å²) in [4.78, 5) is 0. The van der Waals surface area contributed by atoms with E-state index in [4.69, 9.17) is 16.3 Å². The van der Waals surface area contributed by atoms with Gasteiger partial charge in [0.1, 0.15) is 5.75 Å². The van der Waals surface area contributed by atoms with Gasteiger partial charge in [0.25, 0.3) is 0 Å². The second-order valence-corrected chi connectivity index (χ2v) is 3.47. The highest BCUT2D eigenvalue weighted by Gasteiger charge is 2.01. The van der Waals surface area contributed by atoms with E-state index in [-0.39, 0.29) is 0 Å². The van der Waals surface area contributed by atoms with Crippen LogP contribution < -0.4 is 4.74 Å². The predicted molar refractivity (Wildman–Crippen MR) is 61.0 cm³/mol. The Morgan fingerprint density at radius 3 is 2.50 bits per heavy atom. The Balaban J connectivity index is 2.57. The Kier molecular flexibility index (Phi) is 4.54. The third-order valence-electron chi connectivity index (χ3n) is 2.03. The molecule has 0 fully saturated rings. The first kappa shape index (κ1) is 11.1. The lowest BCUT2D eigenvalue weighted by atomic mass is 10.1. The van der Waals surface area contributed by atoms with Crippen LogP contribution in [0.5, 0.6) is 5.75 Å². The van der Waals surface area contributed by atoms with Crippen molar-refractivity contribution in [3.63, 3.8) is 0 Å². The molecule has 0 bridgehead atoms. The van der Waals surface area contributed by atoms with Gasteiger partial charge < -0.3 is 4.74 Å². The van der Waals surface area contributed by atoms with Gasteiger partial charge >= 0.3 is 0 Å². The molecule has 0 aliphatic rings. The lowest BCUT2D eigenvalue weighted by Gasteiger charge is -2.10. The average molecular weight is 211 g/mol. The maximum atomic E-state index is 5.66. The minimum absolute atomic E-state index is 0.676. The van der Waals surface area contributed by atoms with Crippen LogP contribution in [-0.2, 0) is 0 Å². The molecular weight excluding hydrogens is 196 g/mol. The molecule has 0 saturated heterocycles. The summed E-state index contributed by atoms with van der Waals surface area (Å²) in [5.41, 5.74) is 3.88. The van der Waals surface area contributed by atoms with Crippen LogP contribution in [0, 0.1) is 13.8 Å². The summed E-state index contributed by atoms with van der Waals surface area (Å²) < 4.78 is 5.66. The summed E-state index contributed by atoms with van der Waals surface area (Å²) in [6.07, 6.45) is 2.73. The molecule has 1 aromatic carbocycles. The van der Waals surface area contributed by atoms with Gasteiger partial charge in [0.15, 0.2) is 0 Å². The second-order valence-electron chi connectivity index (χ2n) is 3.22. The van der Waals surface area contributed by atoms with Gasteiger partial charge in [-0.05, 0) is 25.0 Å². The van der Waals surface area contributed by atoms with Gasteiger partial charge in [0.05, 0.1) is 6.61 Å². The van der Waals surface area contributed by atoms with Crippen molar-refractivity contribution < 1.29 is 4.74 Å². The Hall–Kier alpha value is -0.950.